The molecule has 1 aromatic heterocycles. The van der Waals surface area contributed by atoms with Gasteiger partial charge in [-0.1, -0.05) is 0 Å². The molecule has 1 aromatic rings. The van der Waals surface area contributed by atoms with Crippen LogP contribution in [0.5, 0.6) is 0 Å². The third-order valence-electron chi connectivity index (χ3n) is 6.08. The summed E-state index contributed by atoms with van der Waals surface area (Å²) in [7, 11) is -0.484. The molecule has 2 aliphatic rings. The molecule has 3 rings (SSSR count). The lowest BCUT2D eigenvalue weighted by Gasteiger charge is -2.32. The van der Waals surface area contributed by atoms with E-state index < -0.39 is 36.9 Å². The van der Waals surface area contributed by atoms with E-state index in [0.29, 0.717) is 5.95 Å². The number of anilines is 1. The number of hydrogen-bond acceptors (Lipinski definition) is 8. The molecule has 1 aliphatic carbocycles. The molecular weight excluding hydrogens is 375 g/mol. The first-order valence-corrected chi connectivity index (χ1v) is 10.1. The molecule has 29 heavy (non-hydrogen) atoms. The Labute approximate surface area is 171 Å². The molecule has 0 aromatic carbocycles. The molecule has 2 fully saturated rings. The SMILES string of the molecule is CC1(C)OB(c2cnc(NC3CCC(NC(=O)C(O)CO)CC3)nc2)OC1(C)C. The van der Waals surface area contributed by atoms with Crippen LogP contribution in [-0.4, -0.2) is 69.2 Å². The highest BCUT2D eigenvalue weighted by Gasteiger charge is 2.51. The summed E-state index contributed by atoms with van der Waals surface area (Å²) in [6, 6.07) is 0.224. The molecular formula is C19H31BN4O5. The first-order valence-electron chi connectivity index (χ1n) is 10.1. The second-order valence-electron chi connectivity index (χ2n) is 8.83. The molecule has 2 heterocycles. The molecule has 1 unspecified atom stereocenters. The quantitative estimate of drug-likeness (QED) is 0.486. The van der Waals surface area contributed by atoms with Crippen molar-refractivity contribution < 1.29 is 24.3 Å². The van der Waals surface area contributed by atoms with Gasteiger partial charge in [0.25, 0.3) is 5.91 Å². The molecule has 1 atom stereocenters. The fourth-order valence-corrected chi connectivity index (χ4v) is 3.46. The summed E-state index contributed by atoms with van der Waals surface area (Å²) in [6.07, 6.45) is 5.35. The van der Waals surface area contributed by atoms with Crippen molar-refractivity contribution in [3.63, 3.8) is 0 Å². The summed E-state index contributed by atoms with van der Waals surface area (Å²) in [5.74, 6) is 0.0268. The minimum atomic E-state index is -1.36. The van der Waals surface area contributed by atoms with Gasteiger partial charge < -0.3 is 30.2 Å². The number of nitrogens with one attached hydrogen (secondary N) is 2. The van der Waals surface area contributed by atoms with Crippen molar-refractivity contribution in [3.8, 4) is 0 Å². The van der Waals surface area contributed by atoms with Gasteiger partial charge in [0.1, 0.15) is 0 Å². The van der Waals surface area contributed by atoms with Crippen molar-refractivity contribution in [1.82, 2.24) is 15.3 Å². The van der Waals surface area contributed by atoms with Gasteiger partial charge in [0.2, 0.25) is 5.95 Å². The fraction of sp³-hybridized carbons (Fsp3) is 0.737. The Balaban J connectivity index is 1.48. The van der Waals surface area contributed by atoms with E-state index in [1.165, 1.54) is 0 Å². The van der Waals surface area contributed by atoms with Crippen molar-refractivity contribution >= 4 is 24.4 Å². The van der Waals surface area contributed by atoms with Gasteiger partial charge in [-0.2, -0.15) is 0 Å². The Morgan fingerprint density at radius 2 is 1.66 bits per heavy atom. The van der Waals surface area contributed by atoms with Crippen LogP contribution in [0.1, 0.15) is 53.4 Å². The topological polar surface area (TPSA) is 126 Å². The summed E-state index contributed by atoms with van der Waals surface area (Å²) >= 11 is 0. The van der Waals surface area contributed by atoms with Gasteiger partial charge in [-0.15, -0.1) is 0 Å². The minimum absolute atomic E-state index is 0.00779. The maximum Gasteiger partial charge on any atom is 0.498 e. The van der Waals surface area contributed by atoms with Gasteiger partial charge in [0, 0.05) is 29.9 Å². The summed E-state index contributed by atoms with van der Waals surface area (Å²) in [4.78, 5) is 20.5. The van der Waals surface area contributed by atoms with Crippen LogP contribution in [0.3, 0.4) is 0 Å². The third-order valence-corrected chi connectivity index (χ3v) is 6.08. The van der Waals surface area contributed by atoms with Crippen molar-refractivity contribution in [2.45, 2.75) is 82.8 Å². The van der Waals surface area contributed by atoms with E-state index in [1.807, 2.05) is 27.7 Å². The van der Waals surface area contributed by atoms with Crippen LogP contribution in [0.4, 0.5) is 5.95 Å². The zero-order valence-electron chi connectivity index (χ0n) is 17.5. The molecule has 9 nitrogen and oxygen atoms in total. The van der Waals surface area contributed by atoms with E-state index in [2.05, 4.69) is 20.6 Å². The lowest BCUT2D eigenvalue weighted by molar-refractivity contribution is -0.132. The van der Waals surface area contributed by atoms with E-state index in [0.717, 1.165) is 31.1 Å². The Bertz CT molecular complexity index is 691. The average Bonchev–Trinajstić information content (AvgIpc) is 2.90. The van der Waals surface area contributed by atoms with Crippen LogP contribution in [0.15, 0.2) is 12.4 Å². The number of aliphatic hydroxyl groups excluding tert-OH is 2. The van der Waals surface area contributed by atoms with Gasteiger partial charge in [-0.05, 0) is 53.4 Å². The van der Waals surface area contributed by atoms with Gasteiger partial charge in [0.05, 0.1) is 17.8 Å². The van der Waals surface area contributed by atoms with E-state index >= 15 is 0 Å². The predicted octanol–water partition coefficient (Wildman–Crippen LogP) is -0.0317. The van der Waals surface area contributed by atoms with Crippen molar-refractivity contribution in [2.75, 3.05) is 11.9 Å². The molecule has 160 valence electrons. The third kappa shape index (κ3) is 5.06. The Morgan fingerprint density at radius 3 is 2.17 bits per heavy atom. The van der Waals surface area contributed by atoms with Crippen LogP contribution in [0.2, 0.25) is 0 Å². The van der Waals surface area contributed by atoms with Crippen molar-refractivity contribution in [1.29, 1.82) is 0 Å². The van der Waals surface area contributed by atoms with E-state index in [9.17, 15) is 9.90 Å². The number of carbonyl (C=O) groups is 1. The number of rotatable bonds is 6. The number of amides is 1. The first-order chi connectivity index (χ1) is 13.6. The smallest absolute Gasteiger partial charge is 0.399 e. The molecule has 1 saturated carbocycles. The zero-order chi connectivity index (χ0) is 21.2. The predicted molar refractivity (Wildman–Crippen MR) is 109 cm³/mol. The summed E-state index contributed by atoms with van der Waals surface area (Å²) in [5.41, 5.74) is -0.0331. The standard InChI is InChI=1S/C19H31BN4O5/c1-18(2)19(3,4)29-20(28-18)12-9-21-17(22-10-12)24-14-7-5-13(6-8-14)23-16(27)15(26)11-25/h9-10,13-15,25-26H,5-8,11H2,1-4H3,(H,23,27)(H,21,22,24). The van der Waals surface area contributed by atoms with Gasteiger partial charge in [-0.25, -0.2) is 9.97 Å². The second-order valence-corrected chi connectivity index (χ2v) is 8.83. The molecule has 0 radical (unpaired) electrons. The first kappa shape index (κ1) is 22.0. The lowest BCUT2D eigenvalue weighted by Crippen LogP contribution is -2.45. The molecule has 0 spiro atoms. The largest absolute Gasteiger partial charge is 0.498 e. The molecule has 1 saturated heterocycles. The lowest BCUT2D eigenvalue weighted by atomic mass is 9.81. The maximum absolute atomic E-state index is 11.7. The average molecular weight is 406 g/mol. The normalized spacial score (nSPS) is 26.8. The van der Waals surface area contributed by atoms with Gasteiger partial charge >= 0.3 is 7.12 Å². The van der Waals surface area contributed by atoms with E-state index in [1.54, 1.807) is 12.4 Å². The number of carbonyl (C=O) groups excluding carboxylic acids is 1. The minimum Gasteiger partial charge on any atom is -0.399 e. The Morgan fingerprint density at radius 1 is 1.14 bits per heavy atom. The highest BCUT2D eigenvalue weighted by molar-refractivity contribution is 6.61. The summed E-state index contributed by atoms with van der Waals surface area (Å²) in [5, 5.41) is 24.3. The van der Waals surface area contributed by atoms with E-state index in [-0.39, 0.29) is 12.1 Å². The monoisotopic (exact) mass is 406 g/mol. The Kier molecular flexibility index (Phi) is 6.47. The molecule has 1 amide bonds. The molecule has 10 heteroatoms. The van der Waals surface area contributed by atoms with E-state index in [4.69, 9.17) is 14.4 Å². The van der Waals surface area contributed by atoms with Gasteiger partial charge in [-0.3, -0.25) is 4.79 Å². The van der Waals surface area contributed by atoms with Gasteiger partial charge in [0.15, 0.2) is 6.10 Å². The molecule has 1 aliphatic heterocycles. The van der Waals surface area contributed by atoms with Crippen LogP contribution >= 0.6 is 0 Å². The van der Waals surface area contributed by atoms with Crippen LogP contribution in [-0.2, 0) is 14.1 Å². The van der Waals surface area contributed by atoms with Crippen LogP contribution in [0, 0.1) is 0 Å². The van der Waals surface area contributed by atoms with Crippen LogP contribution in [0.25, 0.3) is 0 Å². The maximum atomic E-state index is 11.7. The fourth-order valence-electron chi connectivity index (χ4n) is 3.46. The second kappa shape index (κ2) is 8.55. The number of nitrogens with zero attached hydrogens (tertiary/aromatic N) is 2. The molecule has 4 N–H and O–H groups in total. The molecule has 0 bridgehead atoms. The summed E-state index contributed by atoms with van der Waals surface area (Å²) in [6.45, 7) is 7.46. The number of aliphatic hydroxyl groups is 2. The summed E-state index contributed by atoms with van der Waals surface area (Å²) < 4.78 is 12.0. The number of hydrogen-bond donors (Lipinski definition) is 4. The van der Waals surface area contributed by atoms with Crippen LogP contribution < -0.4 is 16.1 Å². The zero-order valence-corrected chi connectivity index (χ0v) is 17.5. The van der Waals surface area contributed by atoms with Crippen molar-refractivity contribution in [3.05, 3.63) is 12.4 Å². The Hall–Kier alpha value is -1.75. The van der Waals surface area contributed by atoms with Crippen molar-refractivity contribution in [2.24, 2.45) is 0 Å². The highest BCUT2D eigenvalue weighted by atomic mass is 16.7. The highest BCUT2D eigenvalue weighted by Crippen LogP contribution is 2.36. The number of aromatic nitrogens is 2.